The third-order valence-electron chi connectivity index (χ3n) is 3.10. The number of nitrogens with zero attached hydrogens (tertiary/aromatic N) is 2. The van der Waals surface area contributed by atoms with Gasteiger partial charge in [-0.15, -0.1) is 0 Å². The van der Waals surface area contributed by atoms with E-state index in [9.17, 15) is 9.18 Å². The lowest BCUT2D eigenvalue weighted by atomic mass is 10.2. The van der Waals surface area contributed by atoms with Crippen molar-refractivity contribution in [3.63, 3.8) is 0 Å². The van der Waals surface area contributed by atoms with Crippen molar-refractivity contribution in [1.82, 2.24) is 9.55 Å². The molecule has 1 aromatic heterocycles. The molecule has 0 saturated carbocycles. The van der Waals surface area contributed by atoms with Gasteiger partial charge in [-0.05, 0) is 29.8 Å². The molecule has 0 bridgehead atoms. The first-order chi connectivity index (χ1) is 9.65. The number of benzene rings is 2. The van der Waals surface area contributed by atoms with E-state index < -0.39 is 0 Å². The molecular weight excluding hydrogens is 323 g/mol. The molecule has 0 fully saturated rings. The number of rotatable bonds is 2. The highest BCUT2D eigenvalue weighted by molar-refractivity contribution is 9.10. The van der Waals surface area contributed by atoms with Crippen LogP contribution in [0.1, 0.15) is 5.56 Å². The van der Waals surface area contributed by atoms with Crippen LogP contribution in [0, 0.1) is 5.82 Å². The molecule has 3 aromatic rings. The lowest BCUT2D eigenvalue weighted by Crippen LogP contribution is -2.21. The van der Waals surface area contributed by atoms with Gasteiger partial charge in [0.1, 0.15) is 5.82 Å². The Morgan fingerprint density at radius 2 is 2.00 bits per heavy atom. The Morgan fingerprint density at radius 1 is 1.20 bits per heavy atom. The Hall–Kier alpha value is -2.01. The van der Waals surface area contributed by atoms with Crippen molar-refractivity contribution < 1.29 is 4.39 Å². The van der Waals surface area contributed by atoms with Crippen LogP contribution in [-0.4, -0.2) is 9.55 Å². The lowest BCUT2D eigenvalue weighted by molar-refractivity contribution is 0.625. The molecule has 3 nitrogen and oxygen atoms in total. The third kappa shape index (κ3) is 2.36. The van der Waals surface area contributed by atoms with E-state index in [2.05, 4.69) is 20.9 Å². The largest absolute Gasteiger partial charge is 0.301 e. The van der Waals surface area contributed by atoms with Crippen LogP contribution in [0.4, 0.5) is 4.39 Å². The number of halogens is 2. The average molecular weight is 333 g/mol. The number of hydrogen-bond acceptors (Lipinski definition) is 2. The summed E-state index contributed by atoms with van der Waals surface area (Å²) in [5.41, 5.74) is 2.17. The van der Waals surface area contributed by atoms with Crippen LogP contribution < -0.4 is 5.56 Å². The molecule has 1 heterocycles. The van der Waals surface area contributed by atoms with Gasteiger partial charge < -0.3 is 4.57 Å². The highest BCUT2D eigenvalue weighted by Crippen LogP contribution is 2.20. The molecule has 0 spiro atoms. The van der Waals surface area contributed by atoms with Crippen LogP contribution in [0.15, 0.2) is 57.9 Å². The molecule has 0 unspecified atom stereocenters. The maximum absolute atomic E-state index is 13.1. The summed E-state index contributed by atoms with van der Waals surface area (Å²) in [7, 11) is 0. The van der Waals surface area contributed by atoms with Gasteiger partial charge in [0.05, 0.1) is 23.8 Å². The second kappa shape index (κ2) is 5.17. The Balaban J connectivity index is 2.15. The van der Waals surface area contributed by atoms with Gasteiger partial charge in [-0.25, -0.2) is 9.37 Å². The van der Waals surface area contributed by atoms with Crippen LogP contribution >= 0.6 is 15.9 Å². The Bertz CT molecular complexity index is 845. The molecule has 20 heavy (non-hydrogen) atoms. The van der Waals surface area contributed by atoms with E-state index >= 15 is 0 Å². The van der Waals surface area contributed by atoms with Gasteiger partial charge in [0.15, 0.2) is 0 Å². The van der Waals surface area contributed by atoms with E-state index in [0.29, 0.717) is 11.0 Å². The molecule has 0 atom stereocenters. The highest BCUT2D eigenvalue weighted by atomic mass is 79.9. The number of hydrogen-bond donors (Lipinski definition) is 0. The second-order valence-electron chi connectivity index (χ2n) is 4.41. The first kappa shape index (κ1) is 13.0. The molecule has 5 heteroatoms. The van der Waals surface area contributed by atoms with E-state index in [1.165, 1.54) is 18.3 Å². The van der Waals surface area contributed by atoms with Gasteiger partial charge in [-0.2, -0.15) is 0 Å². The maximum Gasteiger partial charge on any atom is 0.269 e. The van der Waals surface area contributed by atoms with Crippen molar-refractivity contribution in [3.05, 3.63) is 74.9 Å². The molecule has 0 saturated heterocycles. The molecule has 0 radical (unpaired) electrons. The summed E-state index contributed by atoms with van der Waals surface area (Å²) in [5.74, 6) is -0.312. The fraction of sp³-hybridized carbons (Fsp3) is 0.0667. The van der Waals surface area contributed by atoms with E-state index in [1.807, 2.05) is 24.3 Å². The molecule has 0 aliphatic heterocycles. The normalized spacial score (nSPS) is 10.9. The van der Waals surface area contributed by atoms with Crippen molar-refractivity contribution in [3.8, 4) is 0 Å². The average Bonchev–Trinajstić information content (AvgIpc) is 2.44. The van der Waals surface area contributed by atoms with Crippen LogP contribution in [0.5, 0.6) is 0 Å². The smallest absolute Gasteiger partial charge is 0.269 e. The summed E-state index contributed by atoms with van der Waals surface area (Å²) in [4.78, 5) is 16.1. The standard InChI is InChI=1S/C15H10BrFN2O/c16-12-7-11(17)6-5-10(12)9-19-14-4-2-1-3-13(14)18-8-15(19)20/h1-8H,9H2. The Labute approximate surface area is 122 Å². The molecule has 0 aliphatic carbocycles. The Morgan fingerprint density at radius 3 is 2.80 bits per heavy atom. The van der Waals surface area contributed by atoms with Gasteiger partial charge in [-0.3, -0.25) is 4.79 Å². The summed E-state index contributed by atoms with van der Waals surface area (Å²) in [6, 6.07) is 11.9. The van der Waals surface area contributed by atoms with Crippen molar-refractivity contribution in [2.75, 3.05) is 0 Å². The van der Waals surface area contributed by atoms with E-state index in [4.69, 9.17) is 0 Å². The minimum Gasteiger partial charge on any atom is -0.301 e. The van der Waals surface area contributed by atoms with Crippen LogP contribution in [0.3, 0.4) is 0 Å². The first-order valence-electron chi connectivity index (χ1n) is 6.03. The fourth-order valence-corrected chi connectivity index (χ4v) is 2.57. The molecule has 2 aromatic carbocycles. The van der Waals surface area contributed by atoms with Crippen LogP contribution in [-0.2, 0) is 6.54 Å². The zero-order valence-electron chi connectivity index (χ0n) is 10.4. The lowest BCUT2D eigenvalue weighted by Gasteiger charge is -2.10. The molecule has 3 rings (SSSR count). The predicted molar refractivity (Wildman–Crippen MR) is 79.2 cm³/mol. The monoisotopic (exact) mass is 332 g/mol. The summed E-state index contributed by atoms with van der Waals surface area (Å²) >= 11 is 3.32. The van der Waals surface area contributed by atoms with Gasteiger partial charge in [0.25, 0.3) is 5.56 Å². The number of para-hydroxylation sites is 2. The quantitative estimate of drug-likeness (QED) is 0.721. The van der Waals surface area contributed by atoms with E-state index in [1.54, 1.807) is 10.6 Å². The predicted octanol–water partition coefficient (Wildman–Crippen LogP) is 3.35. The zero-order valence-corrected chi connectivity index (χ0v) is 12.0. The van der Waals surface area contributed by atoms with E-state index in [0.717, 1.165) is 16.6 Å². The molecule has 0 amide bonds. The molecule has 100 valence electrons. The van der Waals surface area contributed by atoms with Crippen LogP contribution in [0.2, 0.25) is 0 Å². The number of fused-ring (bicyclic) bond motifs is 1. The van der Waals surface area contributed by atoms with Crippen molar-refractivity contribution >= 4 is 27.0 Å². The summed E-state index contributed by atoms with van der Waals surface area (Å²) in [6.45, 7) is 0.364. The molecule has 0 aliphatic rings. The van der Waals surface area contributed by atoms with Gasteiger partial charge in [0.2, 0.25) is 0 Å². The SMILES string of the molecule is O=c1cnc2ccccc2n1Cc1ccc(F)cc1Br. The molecular formula is C15H10BrFN2O. The first-order valence-corrected chi connectivity index (χ1v) is 6.83. The molecule has 0 N–H and O–H groups in total. The second-order valence-corrected chi connectivity index (χ2v) is 5.26. The van der Waals surface area contributed by atoms with Gasteiger partial charge in [-0.1, -0.05) is 34.1 Å². The van der Waals surface area contributed by atoms with Crippen molar-refractivity contribution in [1.29, 1.82) is 0 Å². The third-order valence-corrected chi connectivity index (χ3v) is 3.83. The summed E-state index contributed by atoms with van der Waals surface area (Å²) < 4.78 is 15.4. The highest BCUT2D eigenvalue weighted by Gasteiger charge is 2.07. The minimum absolute atomic E-state index is 0.181. The minimum atomic E-state index is -0.312. The Kier molecular flexibility index (Phi) is 3.36. The van der Waals surface area contributed by atoms with Crippen molar-refractivity contribution in [2.45, 2.75) is 6.54 Å². The summed E-state index contributed by atoms with van der Waals surface area (Å²) in [5, 5.41) is 0. The fourth-order valence-electron chi connectivity index (χ4n) is 2.10. The summed E-state index contributed by atoms with van der Waals surface area (Å²) in [6.07, 6.45) is 1.31. The van der Waals surface area contributed by atoms with Crippen molar-refractivity contribution in [2.24, 2.45) is 0 Å². The zero-order chi connectivity index (χ0) is 14.1. The van der Waals surface area contributed by atoms with E-state index in [-0.39, 0.29) is 11.4 Å². The maximum atomic E-state index is 13.1. The van der Waals surface area contributed by atoms with Gasteiger partial charge in [0, 0.05) is 4.47 Å². The van der Waals surface area contributed by atoms with Gasteiger partial charge >= 0.3 is 0 Å². The van der Waals surface area contributed by atoms with Crippen LogP contribution in [0.25, 0.3) is 11.0 Å². The number of aromatic nitrogens is 2. The topological polar surface area (TPSA) is 34.9 Å².